The Morgan fingerprint density at radius 3 is 1.93 bits per heavy atom. The Morgan fingerprint density at radius 2 is 1.11 bits per heavy atom. The molecule has 0 fully saturated rings. The molecule has 2 aliphatic carbocycles. The quantitative estimate of drug-likeness (QED) is 0.175. The van der Waals surface area contributed by atoms with Crippen LogP contribution in [0, 0.1) is 0 Å². The van der Waals surface area contributed by atoms with Crippen LogP contribution >= 0.6 is 0 Å². The third-order valence-corrected chi connectivity index (χ3v) is 12.6. The Bertz CT molecular complexity index is 3240. The first-order chi connectivity index (χ1) is 28.3. The van der Waals surface area contributed by atoms with Gasteiger partial charge >= 0.3 is 0 Å². The molecule has 2 aliphatic rings. The van der Waals surface area contributed by atoms with Gasteiger partial charge in [0, 0.05) is 22.0 Å². The minimum Gasteiger partial charge on any atom is -0.454 e. The van der Waals surface area contributed by atoms with Crippen molar-refractivity contribution in [1.29, 1.82) is 0 Å². The van der Waals surface area contributed by atoms with Crippen molar-refractivity contribution in [1.82, 2.24) is 0 Å². The topological polar surface area (TPSA) is 16.4 Å². The molecule has 0 aliphatic heterocycles. The van der Waals surface area contributed by atoms with Gasteiger partial charge in [0.15, 0.2) is 5.58 Å². The third-order valence-electron chi connectivity index (χ3n) is 12.6. The van der Waals surface area contributed by atoms with E-state index in [4.69, 9.17) is 4.42 Å². The lowest BCUT2D eigenvalue weighted by Gasteiger charge is -2.41. The summed E-state index contributed by atoms with van der Waals surface area (Å²) < 4.78 is 6.82. The van der Waals surface area contributed by atoms with E-state index in [9.17, 15) is 0 Å². The summed E-state index contributed by atoms with van der Waals surface area (Å²) in [6, 6.07) is 71.5. The molecule has 0 saturated heterocycles. The van der Waals surface area contributed by atoms with E-state index < -0.39 is 5.41 Å². The van der Waals surface area contributed by atoms with Gasteiger partial charge in [-0.25, -0.2) is 0 Å². The van der Waals surface area contributed by atoms with Crippen LogP contribution in [0.25, 0.3) is 66.1 Å². The summed E-state index contributed by atoms with van der Waals surface area (Å²) in [4.78, 5) is 2.44. The predicted molar refractivity (Wildman–Crippen MR) is 237 cm³/mol. The van der Waals surface area contributed by atoms with Gasteiger partial charge in [-0.2, -0.15) is 0 Å². The molecule has 0 amide bonds. The van der Waals surface area contributed by atoms with Gasteiger partial charge in [0.2, 0.25) is 0 Å². The molecule has 57 heavy (non-hydrogen) atoms. The largest absolute Gasteiger partial charge is 0.454 e. The highest BCUT2D eigenvalue weighted by Crippen LogP contribution is 2.63. The van der Waals surface area contributed by atoms with E-state index in [-0.39, 0.29) is 0 Å². The molecule has 2 nitrogen and oxygen atoms in total. The van der Waals surface area contributed by atoms with Crippen molar-refractivity contribution in [2.24, 2.45) is 0 Å². The highest BCUT2D eigenvalue weighted by Gasteiger charge is 2.51. The van der Waals surface area contributed by atoms with Crippen LogP contribution in [0.2, 0.25) is 0 Å². The molecule has 2 heteroatoms. The standard InChI is InChI=1S/C55H37NO/c1-2-35-30-31-37-18-14-23-44-41-21-7-11-26-47(41)55(53(35)52(37)44)46-25-10-6-20-40(46)42-33-32-38(34-48(42)55)56(49-27-12-8-19-39(49)36-16-4-3-5-17-36)50-28-15-24-45-43-22-9-13-29-51(43)57-54(45)50/h3-34H,2H2,1H3. The second-order valence-corrected chi connectivity index (χ2v) is 15.4. The van der Waals surface area contributed by atoms with Gasteiger partial charge in [-0.15, -0.1) is 0 Å². The fraction of sp³-hybridized carbons (Fsp3) is 0.0545. The van der Waals surface area contributed by atoms with E-state index in [1.165, 1.54) is 60.8 Å². The summed E-state index contributed by atoms with van der Waals surface area (Å²) in [6.07, 6.45) is 0.936. The molecule has 1 aromatic heterocycles. The van der Waals surface area contributed by atoms with Crippen molar-refractivity contribution in [2.45, 2.75) is 18.8 Å². The average molecular weight is 728 g/mol. The number of fused-ring (bicyclic) bond motifs is 12. The Labute approximate surface area is 331 Å². The first-order valence-corrected chi connectivity index (χ1v) is 20.0. The summed E-state index contributed by atoms with van der Waals surface area (Å²) in [6.45, 7) is 2.31. The van der Waals surface area contributed by atoms with Crippen LogP contribution in [-0.2, 0) is 11.8 Å². The van der Waals surface area contributed by atoms with Gasteiger partial charge in [0.05, 0.1) is 16.8 Å². The molecular formula is C55H37NO. The van der Waals surface area contributed by atoms with Crippen LogP contribution in [-0.4, -0.2) is 0 Å². The summed E-state index contributed by atoms with van der Waals surface area (Å²) in [5.41, 5.74) is 18.7. The maximum Gasteiger partial charge on any atom is 0.159 e. The molecular weight excluding hydrogens is 691 g/mol. The molecule has 1 unspecified atom stereocenters. The van der Waals surface area contributed by atoms with Gasteiger partial charge < -0.3 is 9.32 Å². The van der Waals surface area contributed by atoms with Crippen molar-refractivity contribution < 1.29 is 4.42 Å². The summed E-state index contributed by atoms with van der Waals surface area (Å²) in [5.74, 6) is 0. The van der Waals surface area contributed by atoms with E-state index in [0.717, 1.165) is 56.5 Å². The normalized spacial score (nSPS) is 14.9. The molecule has 0 N–H and O–H groups in total. The summed E-state index contributed by atoms with van der Waals surface area (Å²) >= 11 is 0. The Morgan fingerprint density at radius 1 is 0.474 bits per heavy atom. The van der Waals surface area contributed by atoms with Gasteiger partial charge in [-0.05, 0) is 103 Å². The van der Waals surface area contributed by atoms with Crippen LogP contribution in [0.1, 0.15) is 34.7 Å². The lowest BCUT2D eigenvalue weighted by atomic mass is 9.60. The van der Waals surface area contributed by atoms with E-state index in [1.54, 1.807) is 0 Å². The van der Waals surface area contributed by atoms with Gasteiger partial charge in [-0.3, -0.25) is 0 Å². The summed E-state index contributed by atoms with van der Waals surface area (Å²) in [5, 5.41) is 4.87. The maximum atomic E-state index is 6.82. The van der Waals surface area contributed by atoms with Crippen LogP contribution in [0.15, 0.2) is 199 Å². The lowest BCUT2D eigenvalue weighted by Crippen LogP contribution is -2.33. The fourth-order valence-corrected chi connectivity index (χ4v) is 10.4. The smallest absolute Gasteiger partial charge is 0.159 e. The van der Waals surface area contributed by atoms with E-state index >= 15 is 0 Å². The monoisotopic (exact) mass is 727 g/mol. The van der Waals surface area contributed by atoms with Crippen molar-refractivity contribution in [3.05, 3.63) is 222 Å². The van der Waals surface area contributed by atoms with Crippen molar-refractivity contribution in [3.8, 4) is 33.4 Å². The zero-order chi connectivity index (χ0) is 37.7. The Hall–Kier alpha value is -7.16. The Kier molecular flexibility index (Phi) is 6.86. The van der Waals surface area contributed by atoms with Crippen LogP contribution < -0.4 is 4.90 Å². The zero-order valence-corrected chi connectivity index (χ0v) is 31.5. The number of furan rings is 1. The molecule has 9 aromatic carbocycles. The van der Waals surface area contributed by atoms with Crippen LogP contribution in [0.4, 0.5) is 17.1 Å². The minimum atomic E-state index is -0.534. The molecule has 1 heterocycles. The van der Waals surface area contributed by atoms with Gasteiger partial charge in [-0.1, -0.05) is 171 Å². The highest BCUT2D eigenvalue weighted by molar-refractivity contribution is 6.11. The fourth-order valence-electron chi connectivity index (χ4n) is 10.4. The van der Waals surface area contributed by atoms with E-state index in [0.29, 0.717) is 0 Å². The van der Waals surface area contributed by atoms with Crippen molar-refractivity contribution in [2.75, 3.05) is 4.90 Å². The molecule has 12 rings (SSSR count). The number of rotatable bonds is 5. The molecule has 0 radical (unpaired) electrons. The number of nitrogens with zero attached hydrogens (tertiary/aromatic N) is 1. The van der Waals surface area contributed by atoms with Gasteiger partial charge in [0.25, 0.3) is 0 Å². The van der Waals surface area contributed by atoms with Crippen LogP contribution in [0.5, 0.6) is 0 Å². The lowest BCUT2D eigenvalue weighted by molar-refractivity contribution is 0.669. The maximum absolute atomic E-state index is 6.82. The first kappa shape index (κ1) is 32.1. The third kappa shape index (κ3) is 4.36. The van der Waals surface area contributed by atoms with Gasteiger partial charge in [0.1, 0.15) is 5.58 Å². The molecule has 1 atom stereocenters. The van der Waals surface area contributed by atoms with E-state index in [1.807, 2.05) is 0 Å². The highest BCUT2D eigenvalue weighted by atomic mass is 16.3. The number of aryl methyl sites for hydroxylation is 1. The molecule has 1 spiro atoms. The number of hydrogen-bond acceptors (Lipinski definition) is 2. The van der Waals surface area contributed by atoms with Crippen LogP contribution in [0.3, 0.4) is 0 Å². The second-order valence-electron chi connectivity index (χ2n) is 15.4. The SMILES string of the molecule is CCc1ccc2cccc3c2c1C1(c2ccccc2-c2ccc(N(c4ccccc4-c4ccccc4)c4cccc5c4oc4ccccc45)cc21)c1ccccc1-3. The second kappa shape index (κ2) is 12.2. The van der Waals surface area contributed by atoms with Crippen molar-refractivity contribution >= 4 is 49.8 Å². The minimum absolute atomic E-state index is 0.534. The number of hydrogen-bond donors (Lipinski definition) is 0. The van der Waals surface area contributed by atoms with Crippen molar-refractivity contribution in [3.63, 3.8) is 0 Å². The number of benzene rings is 9. The Balaban J connectivity index is 1.22. The molecule has 10 aromatic rings. The number of para-hydroxylation sites is 3. The van der Waals surface area contributed by atoms with E-state index in [2.05, 4.69) is 206 Å². The molecule has 268 valence electrons. The average Bonchev–Trinajstić information content (AvgIpc) is 3.80. The summed E-state index contributed by atoms with van der Waals surface area (Å²) in [7, 11) is 0. The number of anilines is 3. The zero-order valence-electron chi connectivity index (χ0n) is 31.5. The molecule has 0 saturated carbocycles. The molecule has 0 bridgehead atoms. The first-order valence-electron chi connectivity index (χ1n) is 20.0. The predicted octanol–water partition coefficient (Wildman–Crippen LogP) is 14.8.